The molecule has 1 heterocycles. The van der Waals surface area contributed by atoms with Gasteiger partial charge in [0.1, 0.15) is 0 Å². The van der Waals surface area contributed by atoms with E-state index in [0.29, 0.717) is 22.2 Å². The first-order valence-electron chi connectivity index (χ1n) is 9.99. The van der Waals surface area contributed by atoms with Crippen molar-refractivity contribution in [3.8, 4) is 0 Å². The first-order valence-corrected chi connectivity index (χ1v) is 9.99. The molecule has 0 saturated heterocycles. The number of carbonyl (C=O) groups is 2. The zero-order chi connectivity index (χ0) is 22.2. The van der Waals surface area contributed by atoms with E-state index in [-0.39, 0.29) is 6.42 Å². The van der Waals surface area contributed by atoms with Gasteiger partial charge in [-0.1, -0.05) is 61.5 Å². The Bertz CT molecular complexity index is 1380. The van der Waals surface area contributed by atoms with Crippen molar-refractivity contribution in [3.05, 3.63) is 82.3 Å². The number of rotatable bonds is 5. The molecule has 0 unspecified atom stereocenters. The maximum Gasteiger partial charge on any atom is 0.366 e. The van der Waals surface area contributed by atoms with E-state index in [2.05, 4.69) is 10.5 Å². The molecule has 0 spiro atoms. The zero-order valence-corrected chi connectivity index (χ0v) is 17.6. The van der Waals surface area contributed by atoms with Crippen molar-refractivity contribution in [1.29, 1.82) is 0 Å². The van der Waals surface area contributed by atoms with E-state index in [9.17, 15) is 14.4 Å². The number of benzene rings is 3. The molecular weight excluding hydrogens is 392 g/mol. The van der Waals surface area contributed by atoms with Crippen molar-refractivity contribution in [2.75, 3.05) is 5.32 Å². The number of hydrogen-bond donors (Lipinski definition) is 1. The topological polar surface area (TPSA) is 89.3 Å². The van der Waals surface area contributed by atoms with Gasteiger partial charge in [0.2, 0.25) is 5.78 Å². The number of aromatic nitrogens is 1. The summed E-state index contributed by atoms with van der Waals surface area (Å²) in [6, 6.07) is 18.7. The number of carbonyl (C=O) groups excluding carboxylic acids is 2. The van der Waals surface area contributed by atoms with E-state index < -0.39 is 22.7 Å². The van der Waals surface area contributed by atoms with Crippen LogP contribution in [0.2, 0.25) is 0 Å². The summed E-state index contributed by atoms with van der Waals surface area (Å²) in [5.74, 6) is -1.21. The van der Waals surface area contributed by atoms with Crippen molar-refractivity contribution in [2.24, 2.45) is 0 Å². The lowest BCUT2D eigenvalue weighted by atomic mass is 9.78. The van der Waals surface area contributed by atoms with Gasteiger partial charge in [-0.05, 0) is 46.9 Å². The Morgan fingerprint density at radius 2 is 1.71 bits per heavy atom. The normalized spacial score (nSPS) is 11.6. The quantitative estimate of drug-likeness (QED) is 0.485. The van der Waals surface area contributed by atoms with Crippen LogP contribution in [-0.2, 0) is 15.0 Å². The summed E-state index contributed by atoms with van der Waals surface area (Å²) in [5.41, 5.74) is 0.883. The Labute approximate surface area is 178 Å². The molecule has 4 aromatic rings. The summed E-state index contributed by atoms with van der Waals surface area (Å²) in [6.07, 6.45) is 0.0601. The highest BCUT2D eigenvalue weighted by Crippen LogP contribution is 2.33. The first-order chi connectivity index (χ1) is 14.8. The highest BCUT2D eigenvalue weighted by atomic mass is 16.5. The number of ketones is 1. The molecule has 0 fully saturated rings. The molecule has 0 aliphatic carbocycles. The lowest BCUT2D eigenvalue weighted by Crippen LogP contribution is -2.30. The third kappa shape index (κ3) is 3.97. The second-order valence-corrected chi connectivity index (χ2v) is 8.28. The van der Waals surface area contributed by atoms with E-state index in [4.69, 9.17) is 4.52 Å². The van der Waals surface area contributed by atoms with Crippen molar-refractivity contribution in [3.63, 3.8) is 0 Å². The highest BCUT2D eigenvalue weighted by molar-refractivity contribution is 6.40. The second-order valence-electron chi connectivity index (χ2n) is 8.28. The van der Waals surface area contributed by atoms with Crippen LogP contribution in [0.3, 0.4) is 0 Å². The summed E-state index contributed by atoms with van der Waals surface area (Å²) in [6.45, 7) is 5.63. The SMILES string of the molecule is Cc1noc(=O)c2ccc(NC(=O)C(=O)CC(C)(C)c3cccc4ccccc34)cc12. The molecule has 1 N–H and O–H groups in total. The number of fused-ring (bicyclic) bond motifs is 2. The Kier molecular flexibility index (Phi) is 5.15. The van der Waals surface area contributed by atoms with Crippen molar-refractivity contribution >= 4 is 38.9 Å². The molecular formula is C25H22N2O4. The van der Waals surface area contributed by atoms with Crippen molar-refractivity contribution < 1.29 is 14.1 Å². The van der Waals surface area contributed by atoms with Gasteiger partial charge in [0, 0.05) is 17.5 Å². The fourth-order valence-corrected chi connectivity index (χ4v) is 3.90. The van der Waals surface area contributed by atoms with Crippen LogP contribution in [0.15, 0.2) is 70.0 Å². The van der Waals surface area contributed by atoms with E-state index in [0.717, 1.165) is 16.3 Å². The van der Waals surface area contributed by atoms with Gasteiger partial charge in [-0.2, -0.15) is 0 Å². The minimum Gasteiger partial charge on any atom is -0.319 e. The summed E-state index contributed by atoms with van der Waals surface area (Å²) < 4.78 is 4.71. The molecule has 0 saturated carbocycles. The molecule has 6 heteroatoms. The molecule has 3 aromatic carbocycles. The fourth-order valence-electron chi connectivity index (χ4n) is 3.90. The van der Waals surface area contributed by atoms with Crippen molar-refractivity contribution in [2.45, 2.75) is 32.6 Å². The van der Waals surface area contributed by atoms with Crippen LogP contribution in [0.1, 0.15) is 31.5 Å². The van der Waals surface area contributed by atoms with Crippen LogP contribution in [0, 0.1) is 6.92 Å². The van der Waals surface area contributed by atoms with E-state index >= 15 is 0 Å². The Morgan fingerprint density at radius 3 is 2.52 bits per heavy atom. The minimum atomic E-state index is -0.693. The molecule has 31 heavy (non-hydrogen) atoms. The molecule has 0 radical (unpaired) electrons. The van der Waals surface area contributed by atoms with Gasteiger partial charge in [0.25, 0.3) is 5.91 Å². The lowest BCUT2D eigenvalue weighted by Gasteiger charge is -2.26. The first kappa shape index (κ1) is 20.5. The van der Waals surface area contributed by atoms with Crippen LogP contribution in [-0.4, -0.2) is 16.8 Å². The van der Waals surface area contributed by atoms with Crippen molar-refractivity contribution in [1.82, 2.24) is 5.16 Å². The highest BCUT2D eigenvalue weighted by Gasteiger charge is 2.29. The number of anilines is 1. The standard InChI is InChI=1S/C25H22N2O4/c1-15-20-13-17(11-12-19(20)24(30)31-27-15)26-23(29)22(28)14-25(2,3)21-10-6-8-16-7-4-5-9-18(16)21/h4-13H,14H2,1-3H3,(H,26,29). The Balaban J connectivity index is 1.56. The van der Waals surface area contributed by atoms with Crippen LogP contribution < -0.4 is 10.9 Å². The van der Waals surface area contributed by atoms with Gasteiger partial charge in [0.15, 0.2) is 0 Å². The van der Waals surface area contributed by atoms with Gasteiger partial charge in [0.05, 0.1) is 11.1 Å². The molecule has 1 amide bonds. The van der Waals surface area contributed by atoms with Gasteiger partial charge in [-0.25, -0.2) is 4.79 Å². The predicted octanol–water partition coefficient (Wildman–Crippen LogP) is 4.53. The molecule has 1 aromatic heterocycles. The summed E-state index contributed by atoms with van der Waals surface area (Å²) in [5, 5.41) is 9.44. The predicted molar refractivity (Wildman–Crippen MR) is 120 cm³/mol. The lowest BCUT2D eigenvalue weighted by molar-refractivity contribution is -0.135. The Hall–Kier alpha value is -3.80. The van der Waals surface area contributed by atoms with Gasteiger partial charge in [-0.3, -0.25) is 9.59 Å². The van der Waals surface area contributed by atoms with E-state index in [1.807, 2.05) is 56.3 Å². The largest absolute Gasteiger partial charge is 0.366 e. The molecule has 0 atom stereocenters. The van der Waals surface area contributed by atoms with Crippen LogP contribution in [0.5, 0.6) is 0 Å². The molecule has 0 aliphatic heterocycles. The number of aryl methyl sites for hydroxylation is 1. The number of Topliss-reactive ketones (excluding diaryl/α,β-unsaturated/α-hetero) is 1. The number of amides is 1. The minimum absolute atomic E-state index is 0.0601. The van der Waals surface area contributed by atoms with Crippen LogP contribution >= 0.6 is 0 Å². The second kappa shape index (κ2) is 7.80. The number of nitrogens with zero attached hydrogens (tertiary/aromatic N) is 1. The number of hydrogen-bond acceptors (Lipinski definition) is 5. The van der Waals surface area contributed by atoms with E-state index in [1.165, 1.54) is 0 Å². The van der Waals surface area contributed by atoms with Gasteiger partial charge in [-0.15, -0.1) is 0 Å². The maximum atomic E-state index is 12.8. The maximum absolute atomic E-state index is 12.8. The summed E-state index contributed by atoms with van der Waals surface area (Å²) in [7, 11) is 0. The molecule has 6 nitrogen and oxygen atoms in total. The summed E-state index contributed by atoms with van der Waals surface area (Å²) >= 11 is 0. The third-order valence-electron chi connectivity index (χ3n) is 5.53. The Morgan fingerprint density at radius 1 is 0.968 bits per heavy atom. The third-order valence-corrected chi connectivity index (χ3v) is 5.53. The molecule has 156 valence electrons. The zero-order valence-electron chi connectivity index (χ0n) is 17.6. The van der Waals surface area contributed by atoms with Gasteiger partial charge >= 0.3 is 5.63 Å². The number of nitrogens with one attached hydrogen (secondary N) is 1. The molecule has 0 bridgehead atoms. The summed E-state index contributed by atoms with van der Waals surface area (Å²) in [4.78, 5) is 37.2. The monoisotopic (exact) mass is 414 g/mol. The fraction of sp³-hybridized carbons (Fsp3) is 0.200. The molecule has 4 rings (SSSR count). The van der Waals surface area contributed by atoms with E-state index in [1.54, 1.807) is 25.1 Å². The average molecular weight is 414 g/mol. The average Bonchev–Trinajstić information content (AvgIpc) is 2.75. The van der Waals surface area contributed by atoms with Crippen LogP contribution in [0.25, 0.3) is 21.5 Å². The smallest absolute Gasteiger partial charge is 0.319 e. The van der Waals surface area contributed by atoms with Gasteiger partial charge < -0.3 is 9.84 Å². The van der Waals surface area contributed by atoms with Crippen LogP contribution in [0.4, 0.5) is 5.69 Å². The molecule has 0 aliphatic rings.